The van der Waals surface area contributed by atoms with Crippen molar-refractivity contribution >= 4 is 22.0 Å². The van der Waals surface area contributed by atoms with Crippen LogP contribution in [0.25, 0.3) is 6.08 Å². The molecule has 0 amide bonds. The van der Waals surface area contributed by atoms with Gasteiger partial charge in [-0.1, -0.05) is 39.7 Å². The summed E-state index contributed by atoms with van der Waals surface area (Å²) >= 11 is 3.56. The Labute approximate surface area is 106 Å². The van der Waals surface area contributed by atoms with Gasteiger partial charge >= 0.3 is 0 Å². The highest BCUT2D eigenvalue weighted by Crippen LogP contribution is 2.20. The Morgan fingerprint density at radius 1 is 1.50 bits per heavy atom. The fraction of sp³-hybridized carbons (Fsp3) is 0.429. The van der Waals surface area contributed by atoms with E-state index < -0.39 is 0 Å². The van der Waals surface area contributed by atoms with Crippen LogP contribution in [0.4, 0.5) is 0 Å². The third-order valence-corrected chi connectivity index (χ3v) is 3.71. The summed E-state index contributed by atoms with van der Waals surface area (Å²) in [6, 6.07) is 7.28. The lowest BCUT2D eigenvalue weighted by atomic mass is 10.1. The normalized spacial score (nSPS) is 16.6. The zero-order valence-electron chi connectivity index (χ0n) is 9.89. The second-order valence-electron chi connectivity index (χ2n) is 4.65. The molecule has 1 fully saturated rings. The van der Waals surface area contributed by atoms with Crippen molar-refractivity contribution in [2.24, 2.45) is 0 Å². The molecule has 0 bridgehead atoms. The van der Waals surface area contributed by atoms with E-state index in [9.17, 15) is 0 Å². The average molecular weight is 280 g/mol. The number of aryl methyl sites for hydroxylation is 1. The molecule has 1 saturated carbocycles. The average Bonchev–Trinajstić information content (AvgIpc) is 3.04. The first-order valence-electron chi connectivity index (χ1n) is 5.82. The molecule has 1 nitrogen and oxygen atoms in total. The highest BCUT2D eigenvalue weighted by Gasteiger charge is 2.19. The van der Waals surface area contributed by atoms with Crippen LogP contribution in [0.5, 0.6) is 0 Å². The molecule has 86 valence electrons. The van der Waals surface area contributed by atoms with Crippen molar-refractivity contribution in [3.05, 3.63) is 39.4 Å². The van der Waals surface area contributed by atoms with Gasteiger partial charge in [0.1, 0.15) is 0 Å². The zero-order chi connectivity index (χ0) is 11.5. The summed E-state index contributed by atoms with van der Waals surface area (Å²) in [7, 11) is 0. The molecule has 0 aromatic heterocycles. The van der Waals surface area contributed by atoms with Crippen molar-refractivity contribution in [2.75, 3.05) is 6.54 Å². The Bertz CT molecular complexity index is 405. The summed E-state index contributed by atoms with van der Waals surface area (Å²) in [6.45, 7) is 5.30. The molecule has 2 heteroatoms. The van der Waals surface area contributed by atoms with Crippen molar-refractivity contribution in [3.63, 3.8) is 0 Å². The Kier molecular flexibility index (Phi) is 3.82. The molecule has 0 radical (unpaired) electrons. The van der Waals surface area contributed by atoms with E-state index in [2.05, 4.69) is 59.4 Å². The largest absolute Gasteiger partial charge is 0.310 e. The minimum Gasteiger partial charge on any atom is -0.310 e. The van der Waals surface area contributed by atoms with Gasteiger partial charge in [-0.05, 0) is 43.9 Å². The fourth-order valence-electron chi connectivity index (χ4n) is 1.63. The van der Waals surface area contributed by atoms with Crippen LogP contribution in [0.15, 0.2) is 28.2 Å². The lowest BCUT2D eigenvalue weighted by molar-refractivity contribution is 0.736. The lowest BCUT2D eigenvalue weighted by Crippen LogP contribution is -2.18. The number of rotatable bonds is 4. The zero-order valence-corrected chi connectivity index (χ0v) is 11.5. The number of nitrogens with one attached hydrogen (secondary N) is 1. The van der Waals surface area contributed by atoms with E-state index >= 15 is 0 Å². The predicted octanol–water partition coefficient (Wildman–Crippen LogP) is 3.91. The Balaban J connectivity index is 1.99. The maximum Gasteiger partial charge on any atom is 0.0210 e. The van der Waals surface area contributed by atoms with E-state index in [0.29, 0.717) is 0 Å². The molecule has 0 atom stereocenters. The number of hydrogen-bond acceptors (Lipinski definition) is 1. The van der Waals surface area contributed by atoms with Crippen LogP contribution in [-0.4, -0.2) is 12.6 Å². The van der Waals surface area contributed by atoms with Gasteiger partial charge in [0.05, 0.1) is 0 Å². The van der Waals surface area contributed by atoms with E-state index in [1.807, 2.05) is 0 Å². The van der Waals surface area contributed by atoms with E-state index in [1.54, 1.807) is 0 Å². The fourth-order valence-corrected chi connectivity index (χ4v) is 2.02. The molecule has 1 aromatic carbocycles. The third-order valence-electron chi connectivity index (χ3n) is 2.86. The van der Waals surface area contributed by atoms with Crippen LogP contribution < -0.4 is 5.32 Å². The van der Waals surface area contributed by atoms with Crippen LogP contribution in [0.2, 0.25) is 0 Å². The number of benzene rings is 1. The molecule has 1 aliphatic rings. The third kappa shape index (κ3) is 3.46. The van der Waals surface area contributed by atoms with E-state index in [0.717, 1.165) is 12.6 Å². The van der Waals surface area contributed by atoms with Crippen LogP contribution in [0.3, 0.4) is 0 Å². The van der Waals surface area contributed by atoms with Crippen LogP contribution in [-0.2, 0) is 0 Å². The van der Waals surface area contributed by atoms with E-state index in [1.165, 1.54) is 34.0 Å². The van der Waals surface area contributed by atoms with Crippen molar-refractivity contribution in [1.82, 2.24) is 5.32 Å². The minimum atomic E-state index is 0.785. The minimum absolute atomic E-state index is 0.785. The van der Waals surface area contributed by atoms with Crippen molar-refractivity contribution < 1.29 is 0 Å². The van der Waals surface area contributed by atoms with E-state index in [-0.39, 0.29) is 0 Å². The summed E-state index contributed by atoms with van der Waals surface area (Å²) in [5, 5.41) is 3.52. The van der Waals surface area contributed by atoms with Gasteiger partial charge in [-0.2, -0.15) is 0 Å². The number of hydrogen-bond donors (Lipinski definition) is 1. The Hall–Kier alpha value is -0.600. The second kappa shape index (κ2) is 5.15. The molecule has 0 aliphatic heterocycles. The molecule has 1 aliphatic carbocycles. The summed E-state index contributed by atoms with van der Waals surface area (Å²) in [6.07, 6.45) is 4.95. The van der Waals surface area contributed by atoms with Crippen molar-refractivity contribution in [1.29, 1.82) is 0 Å². The molecule has 0 saturated heterocycles. The SMILES string of the molecule is C/C(=C/c1ccc(C)c(Br)c1)CNC1CC1. The van der Waals surface area contributed by atoms with Crippen LogP contribution in [0.1, 0.15) is 30.9 Å². The number of halogens is 1. The predicted molar refractivity (Wildman–Crippen MR) is 73.6 cm³/mol. The van der Waals surface area contributed by atoms with Gasteiger partial charge in [0, 0.05) is 17.1 Å². The maximum absolute atomic E-state index is 3.56. The quantitative estimate of drug-likeness (QED) is 0.881. The van der Waals surface area contributed by atoms with Gasteiger partial charge in [-0.3, -0.25) is 0 Å². The molecular formula is C14H18BrN. The van der Waals surface area contributed by atoms with Gasteiger partial charge in [0.2, 0.25) is 0 Å². The molecule has 16 heavy (non-hydrogen) atoms. The van der Waals surface area contributed by atoms with Crippen molar-refractivity contribution in [3.8, 4) is 0 Å². The molecule has 2 rings (SSSR count). The summed E-state index contributed by atoms with van der Waals surface area (Å²) in [5.74, 6) is 0. The Morgan fingerprint density at radius 3 is 2.88 bits per heavy atom. The van der Waals surface area contributed by atoms with Crippen molar-refractivity contribution in [2.45, 2.75) is 32.7 Å². The molecule has 0 heterocycles. The van der Waals surface area contributed by atoms with Crippen LogP contribution >= 0.6 is 15.9 Å². The first kappa shape index (κ1) is 11.9. The maximum atomic E-state index is 3.56. The summed E-state index contributed by atoms with van der Waals surface area (Å²) in [4.78, 5) is 0. The first-order chi connectivity index (χ1) is 7.65. The van der Waals surface area contributed by atoms with Gasteiger partial charge in [0.15, 0.2) is 0 Å². The molecular weight excluding hydrogens is 262 g/mol. The molecule has 0 unspecified atom stereocenters. The molecule has 0 spiro atoms. The highest BCUT2D eigenvalue weighted by atomic mass is 79.9. The smallest absolute Gasteiger partial charge is 0.0210 e. The monoisotopic (exact) mass is 279 g/mol. The first-order valence-corrected chi connectivity index (χ1v) is 6.61. The van der Waals surface area contributed by atoms with Gasteiger partial charge in [-0.25, -0.2) is 0 Å². The topological polar surface area (TPSA) is 12.0 Å². The second-order valence-corrected chi connectivity index (χ2v) is 5.51. The lowest BCUT2D eigenvalue weighted by Gasteiger charge is -2.04. The highest BCUT2D eigenvalue weighted by molar-refractivity contribution is 9.10. The summed E-state index contributed by atoms with van der Waals surface area (Å²) in [5.41, 5.74) is 3.95. The van der Waals surface area contributed by atoms with Gasteiger partial charge in [0.25, 0.3) is 0 Å². The van der Waals surface area contributed by atoms with Crippen LogP contribution in [0, 0.1) is 6.92 Å². The molecule has 1 aromatic rings. The van der Waals surface area contributed by atoms with Gasteiger partial charge < -0.3 is 5.32 Å². The van der Waals surface area contributed by atoms with Gasteiger partial charge in [-0.15, -0.1) is 0 Å². The Morgan fingerprint density at radius 2 is 2.25 bits per heavy atom. The standard InChI is InChI=1S/C14H18BrN/c1-10(9-16-13-5-6-13)7-12-4-3-11(2)14(15)8-12/h3-4,7-8,13,16H,5-6,9H2,1-2H3/b10-7-. The summed E-state index contributed by atoms with van der Waals surface area (Å²) < 4.78 is 1.18. The van der Waals surface area contributed by atoms with E-state index in [4.69, 9.17) is 0 Å². The molecule has 1 N–H and O–H groups in total.